The molecule has 0 unspecified atom stereocenters. The lowest BCUT2D eigenvalue weighted by Gasteiger charge is -2.19. The zero-order valence-corrected chi connectivity index (χ0v) is 63.2. The van der Waals surface area contributed by atoms with Crippen molar-refractivity contribution in [3.63, 3.8) is 0 Å². The van der Waals surface area contributed by atoms with Crippen LogP contribution >= 0.6 is 11.6 Å². The van der Waals surface area contributed by atoms with Crippen molar-refractivity contribution in [2.75, 3.05) is 48.7 Å². The summed E-state index contributed by atoms with van der Waals surface area (Å²) < 4.78 is 17.1. The van der Waals surface area contributed by atoms with E-state index in [2.05, 4.69) is 213 Å². The van der Waals surface area contributed by atoms with Crippen LogP contribution in [0.2, 0.25) is 5.02 Å². The van der Waals surface area contributed by atoms with Gasteiger partial charge in [-0.25, -0.2) is 38.0 Å². The number of anilines is 4. The van der Waals surface area contributed by atoms with Gasteiger partial charge in [0.15, 0.2) is 52.6 Å². The number of aromatic amines is 4. The number of nitrogens with one attached hydrogen (secondary N) is 8. The first kappa shape index (κ1) is 75.0. The molecule has 6 aromatic carbocycles. The van der Waals surface area contributed by atoms with Crippen LogP contribution in [0.15, 0.2) is 183 Å². The zero-order valence-electron chi connectivity index (χ0n) is 62.4. The summed E-state index contributed by atoms with van der Waals surface area (Å²) in [6.07, 6.45) is 0. The maximum absolute atomic E-state index is 11.9. The Morgan fingerprint density at radius 3 is 1.02 bits per heavy atom. The lowest BCUT2D eigenvalue weighted by molar-refractivity contribution is 0.345. The Kier molecular flexibility index (Phi) is 21.9. The summed E-state index contributed by atoms with van der Waals surface area (Å²) in [5.41, 5.74) is 12.1. The lowest BCUT2D eigenvalue weighted by atomic mass is 9.86. The largest absolute Gasteiger partial charge is 0.497 e. The van der Waals surface area contributed by atoms with Gasteiger partial charge >= 0.3 is 0 Å². The molecule has 0 fully saturated rings. The minimum absolute atomic E-state index is 0.0569. The molecule has 0 atom stereocenters. The molecule has 8 N–H and O–H groups in total. The van der Waals surface area contributed by atoms with Gasteiger partial charge in [0.05, 0.1) is 7.11 Å². The van der Waals surface area contributed by atoms with Crippen LogP contribution in [0.5, 0.6) is 11.5 Å². The number of benzene rings is 6. The van der Waals surface area contributed by atoms with Crippen LogP contribution in [-0.4, -0.2) is 106 Å². The Hall–Kier alpha value is -12.2. The van der Waals surface area contributed by atoms with Gasteiger partial charge in [-0.2, -0.15) is 19.9 Å². The zero-order chi connectivity index (χ0) is 76.0. The summed E-state index contributed by atoms with van der Waals surface area (Å²) in [4.78, 5) is 83.2. The minimum atomic E-state index is -0.258. The molecule has 8 aromatic heterocycles. The second kappa shape index (κ2) is 31.0. The summed E-state index contributed by atoms with van der Waals surface area (Å²) in [7, 11) is 3.40. The van der Waals surface area contributed by atoms with Gasteiger partial charge in [0.2, 0.25) is 23.8 Å². The molecule has 0 aliphatic heterocycles. The third-order valence-corrected chi connectivity index (χ3v) is 17.6. The van der Waals surface area contributed by atoms with E-state index in [0.717, 1.165) is 39.1 Å². The molecular weight excluding hydrogens is 1360 g/mol. The fourth-order valence-electron chi connectivity index (χ4n) is 11.1. The van der Waals surface area contributed by atoms with E-state index in [1.165, 1.54) is 55.6 Å². The molecule has 0 radical (unpaired) electrons. The number of nitrogens with zero attached hydrogens (tertiary/aromatic N) is 12. The number of hydrogen-bond acceptors (Lipinski definition) is 18. The van der Waals surface area contributed by atoms with Gasteiger partial charge in [-0.15, -0.1) is 0 Å². The van der Waals surface area contributed by atoms with Gasteiger partial charge in [-0.1, -0.05) is 204 Å². The Balaban J connectivity index is 0.000000143. The van der Waals surface area contributed by atoms with E-state index in [1.54, 1.807) is 35.3 Å². The molecule has 0 aliphatic rings. The summed E-state index contributed by atoms with van der Waals surface area (Å²) in [6, 6.07) is 51.8. The highest BCUT2D eigenvalue weighted by molar-refractivity contribution is 6.31. The number of aryl methyl sites for hydroxylation is 1. The topological polar surface area (TPSA) is 319 Å². The van der Waals surface area contributed by atoms with Crippen molar-refractivity contribution in [3.8, 4) is 57.1 Å². The summed E-state index contributed by atoms with van der Waals surface area (Å²) in [6.45, 7) is 31.4. The fraction of sp³-hybridized carbons (Fsp3) is 0.291. The van der Waals surface area contributed by atoms with E-state index < -0.39 is 0 Å². The molecule has 8 heterocycles. The van der Waals surface area contributed by atoms with Gasteiger partial charge in [0.25, 0.3) is 22.2 Å². The normalized spacial score (nSPS) is 11.7. The molecule has 0 saturated carbocycles. The summed E-state index contributed by atoms with van der Waals surface area (Å²) in [5, 5.41) is 24.0. The average Bonchev–Trinajstić information content (AvgIpc) is 1.60. The highest BCUT2D eigenvalue weighted by atomic mass is 35.5. The molecule has 14 rings (SSSR count). The molecule has 27 heteroatoms. The predicted molar refractivity (Wildman–Crippen MR) is 420 cm³/mol. The molecular formula is C79H89ClN20O6. The molecule has 0 amide bonds. The average molecular weight is 1450 g/mol. The number of ether oxygens (including phenoxy) is 2. The van der Waals surface area contributed by atoms with E-state index in [0.29, 0.717) is 93.5 Å². The number of halogens is 1. The van der Waals surface area contributed by atoms with E-state index in [4.69, 9.17) is 21.1 Å². The molecule has 14 aromatic rings. The highest BCUT2D eigenvalue weighted by Gasteiger charge is 2.21. The molecule has 0 aliphatic carbocycles. The van der Waals surface area contributed by atoms with Gasteiger partial charge in [-0.05, 0) is 99.2 Å². The van der Waals surface area contributed by atoms with Crippen LogP contribution in [0.3, 0.4) is 0 Å². The summed E-state index contributed by atoms with van der Waals surface area (Å²) in [5.74, 6) is 5.81. The first-order valence-corrected chi connectivity index (χ1v) is 35.0. The van der Waals surface area contributed by atoms with Gasteiger partial charge in [0, 0.05) is 71.7 Å². The number of hydrogen-bond donors (Lipinski definition) is 8. The van der Waals surface area contributed by atoms with Gasteiger partial charge in [0.1, 0.15) is 11.5 Å². The van der Waals surface area contributed by atoms with Crippen LogP contribution < -0.4 is 53.0 Å². The maximum atomic E-state index is 11.9. The second-order valence-electron chi connectivity index (χ2n) is 29.4. The molecule has 0 spiro atoms. The van der Waals surface area contributed by atoms with Crippen molar-refractivity contribution >= 4 is 58.0 Å². The van der Waals surface area contributed by atoms with Crippen molar-refractivity contribution in [2.24, 2.45) is 0 Å². The molecule has 0 bridgehead atoms. The number of methoxy groups -OCH3 is 1. The number of rotatable bonds is 15. The smallest absolute Gasteiger partial charge is 0.266 e. The quantitative estimate of drug-likeness (QED) is 0.0442. The van der Waals surface area contributed by atoms with Crippen LogP contribution in [0.25, 0.3) is 68.1 Å². The second-order valence-corrected chi connectivity index (χ2v) is 29.8. The predicted octanol–water partition coefficient (Wildman–Crippen LogP) is 14.0. The SMILES string of the molecule is CCNc1nc(-c2ccc(C(C)(C)C)cc2)nc2cc(=O)[nH]n12.CNc1nc(-c2ccc(C(C)(C)C)cc2)nc2cc(=O)[nH]n12.COc1ccc(CNc2nc(-c3ccc(C(C)(C)C)cc3)nc3cc(=O)[nH]n23)cc1.Cc1cc(OCNc2nc(-c3ccc(C(C)(C)C)cc3)nc3cc(=O)[nH]n23)ccc1Cl. The Labute approximate surface area is 617 Å². The Bertz CT molecular complexity index is 5650. The standard InChI is InChI=1S/C23H24ClN5O2.C23H25N5O2.C17H21N5O.C16H19N5O/c1-14-11-17(9-10-18(14)24)31-13-25-22-27-21(26-19-12-20(30)28-29(19)22)15-5-7-16(8-6-15)23(2,3)4;1-23(2,3)17-9-7-16(8-10-17)21-25-19-13-20(29)27-28(19)22(26-21)24-14-15-5-11-18(30-4)12-6-15;1-5-18-16-20-15(19-13-10-14(23)21-22(13)16)11-6-8-12(9-7-11)17(2,3)4;1-16(2,3)11-7-5-10(6-8-11)14-18-12-9-13(22)20-21(12)15(17-4)19-14/h5-12H,13H2,1-4H3,(H,28,30)(H,25,26,27);5-13H,14H2,1-4H3,(H,27,29)(H,24,25,26);6-10H,5H2,1-4H3,(H,21,23)(H,18,19,20);5-9H,1-4H3,(H,20,22)(H,17,18,19). The van der Waals surface area contributed by atoms with Crippen LogP contribution in [-0.2, 0) is 28.2 Å². The lowest BCUT2D eigenvalue weighted by Crippen LogP contribution is -2.15. The molecule has 106 heavy (non-hydrogen) atoms. The van der Waals surface area contributed by atoms with Crippen LogP contribution in [0.4, 0.5) is 23.8 Å². The highest BCUT2D eigenvalue weighted by Crippen LogP contribution is 2.31. The number of H-pyrrole nitrogens is 4. The third-order valence-electron chi connectivity index (χ3n) is 17.2. The van der Waals surface area contributed by atoms with Gasteiger partial charge < -0.3 is 30.7 Å². The van der Waals surface area contributed by atoms with Crippen molar-refractivity contribution in [1.82, 2.24) is 78.3 Å². The number of aromatic nitrogens is 16. The molecule has 548 valence electrons. The van der Waals surface area contributed by atoms with Crippen molar-refractivity contribution in [1.29, 1.82) is 0 Å². The van der Waals surface area contributed by atoms with E-state index in [-0.39, 0.29) is 50.6 Å². The monoisotopic (exact) mass is 1450 g/mol. The number of fused-ring (bicyclic) bond motifs is 4. The van der Waals surface area contributed by atoms with Crippen LogP contribution in [0, 0.1) is 6.92 Å². The van der Waals surface area contributed by atoms with Crippen molar-refractivity contribution < 1.29 is 9.47 Å². The Morgan fingerprint density at radius 1 is 0.396 bits per heavy atom. The van der Waals surface area contributed by atoms with Crippen molar-refractivity contribution in [3.05, 3.63) is 244 Å². The molecule has 0 saturated heterocycles. The van der Waals surface area contributed by atoms with E-state index in [9.17, 15) is 19.2 Å². The summed E-state index contributed by atoms with van der Waals surface area (Å²) >= 11 is 6.06. The molecule has 26 nitrogen and oxygen atoms in total. The van der Waals surface area contributed by atoms with E-state index >= 15 is 0 Å². The van der Waals surface area contributed by atoms with E-state index in [1.807, 2.05) is 92.7 Å². The minimum Gasteiger partial charge on any atom is -0.497 e. The third kappa shape index (κ3) is 18.0. The van der Waals surface area contributed by atoms with Crippen molar-refractivity contribution in [2.45, 2.75) is 125 Å². The maximum Gasteiger partial charge on any atom is 0.266 e. The van der Waals surface area contributed by atoms with Crippen LogP contribution in [0.1, 0.15) is 123 Å². The first-order chi connectivity index (χ1) is 50.3. The first-order valence-electron chi connectivity index (χ1n) is 34.6. The fourth-order valence-corrected chi connectivity index (χ4v) is 11.2. The van der Waals surface area contributed by atoms with Gasteiger partial charge in [-0.3, -0.25) is 39.6 Å². The Morgan fingerprint density at radius 2 is 0.708 bits per heavy atom.